The third kappa shape index (κ3) is 6.34. The van der Waals surface area contributed by atoms with Crippen molar-refractivity contribution in [2.45, 2.75) is 32.6 Å². The molecule has 132 valence electrons. The minimum absolute atomic E-state index is 0.481. The van der Waals surface area contributed by atoms with Crippen molar-refractivity contribution in [1.82, 2.24) is 0 Å². The van der Waals surface area contributed by atoms with E-state index in [9.17, 15) is 4.79 Å². The lowest BCUT2D eigenvalue weighted by molar-refractivity contribution is -0.131. The van der Waals surface area contributed by atoms with Crippen LogP contribution in [0.25, 0.3) is 0 Å². The molecule has 0 N–H and O–H groups in total. The zero-order chi connectivity index (χ0) is 18.4. The molecule has 1 atom stereocenters. The Morgan fingerprint density at radius 1 is 1.17 bits per heavy atom. The maximum Gasteiger partial charge on any atom is 0.620 e. The maximum absolute atomic E-state index is 11.7. The minimum atomic E-state index is -3.25. The Balaban J connectivity index is 3.15. The van der Waals surface area contributed by atoms with Crippen LogP contribution in [0, 0.1) is 0 Å². The summed E-state index contributed by atoms with van der Waals surface area (Å²) in [6.07, 6.45) is 3.64. The molecule has 1 rings (SSSR count). The zero-order valence-corrected chi connectivity index (χ0v) is 17.0. The van der Waals surface area contributed by atoms with Crippen molar-refractivity contribution in [1.29, 1.82) is 0 Å². The van der Waals surface area contributed by atoms with Crippen molar-refractivity contribution >= 4 is 23.1 Å². The van der Waals surface area contributed by atoms with Gasteiger partial charge in [-0.1, -0.05) is 18.7 Å². The van der Waals surface area contributed by atoms with E-state index in [4.69, 9.17) is 17.7 Å². The highest BCUT2D eigenvalue weighted by atomic mass is 28.5. The molecule has 0 bridgehead atoms. The smallest absolute Gasteiger partial charge is 0.493 e. The van der Waals surface area contributed by atoms with E-state index in [1.807, 2.05) is 37.8 Å². The average molecular weight is 367 g/mol. The van der Waals surface area contributed by atoms with Gasteiger partial charge >= 0.3 is 14.8 Å². The molecule has 0 amide bonds. The van der Waals surface area contributed by atoms with Crippen LogP contribution in [0.4, 0.5) is 0 Å². The predicted molar refractivity (Wildman–Crippen MR) is 99.9 cm³/mol. The van der Waals surface area contributed by atoms with Gasteiger partial charge in [-0.15, -0.1) is 6.58 Å². The summed E-state index contributed by atoms with van der Waals surface area (Å²) in [6.45, 7) is 14.9. The number of benzene rings is 1. The molecule has 24 heavy (non-hydrogen) atoms. The topological polar surface area (TPSA) is 54.0 Å². The average Bonchev–Trinajstić information content (AvgIpc) is 2.46. The summed E-state index contributed by atoms with van der Waals surface area (Å²) in [5, 5.41) is 0. The van der Waals surface area contributed by atoms with Gasteiger partial charge in [0.1, 0.15) is 0 Å². The third-order valence-electron chi connectivity index (χ3n) is 2.85. The highest BCUT2D eigenvalue weighted by Gasteiger charge is 2.45. The van der Waals surface area contributed by atoms with Crippen LogP contribution < -0.4 is 9.16 Å². The van der Waals surface area contributed by atoms with Gasteiger partial charge in [0.25, 0.3) is 0 Å². The molecule has 0 aliphatic heterocycles. The van der Waals surface area contributed by atoms with Gasteiger partial charge in [0, 0.05) is 12.6 Å². The second-order valence-corrected chi connectivity index (χ2v) is 13.5. The van der Waals surface area contributed by atoms with Gasteiger partial charge in [-0.05, 0) is 43.8 Å². The number of carbonyl (C=O) groups excluding carboxylic acids is 1. The van der Waals surface area contributed by atoms with Gasteiger partial charge in [-0.3, -0.25) is 0 Å². The number of hydrogen-bond donors (Lipinski definition) is 0. The molecule has 5 nitrogen and oxygen atoms in total. The van der Waals surface area contributed by atoms with Gasteiger partial charge in [0.05, 0.1) is 7.11 Å². The van der Waals surface area contributed by atoms with Gasteiger partial charge in [-0.25, -0.2) is 4.79 Å². The number of methoxy groups -OCH3 is 1. The largest absolute Gasteiger partial charge is 0.620 e. The molecule has 0 aromatic heterocycles. The highest BCUT2D eigenvalue weighted by Crippen LogP contribution is 2.32. The highest BCUT2D eigenvalue weighted by molar-refractivity contribution is 6.80. The van der Waals surface area contributed by atoms with Gasteiger partial charge < -0.3 is 17.7 Å². The van der Waals surface area contributed by atoms with E-state index in [0.717, 1.165) is 18.1 Å². The van der Waals surface area contributed by atoms with Crippen LogP contribution >= 0.6 is 0 Å². The van der Waals surface area contributed by atoms with Gasteiger partial charge in [-0.2, -0.15) is 0 Å². The normalized spacial score (nSPS) is 13.5. The molecule has 0 saturated heterocycles. The van der Waals surface area contributed by atoms with Gasteiger partial charge in [0.15, 0.2) is 19.8 Å². The molecule has 0 fully saturated rings. The summed E-state index contributed by atoms with van der Waals surface area (Å²) < 4.78 is 22.9. The summed E-state index contributed by atoms with van der Waals surface area (Å²) in [5.74, 6) is 0.473. The van der Waals surface area contributed by atoms with Crippen molar-refractivity contribution in [2.24, 2.45) is 0 Å². The quantitative estimate of drug-likeness (QED) is 0.376. The van der Waals surface area contributed by atoms with E-state index in [1.165, 1.54) is 0 Å². The molecular formula is C17H26O5Si2. The summed E-state index contributed by atoms with van der Waals surface area (Å²) in [5.41, 5.74) is 1.05. The van der Waals surface area contributed by atoms with Crippen LogP contribution in [0.15, 0.2) is 43.5 Å². The predicted octanol–water partition coefficient (Wildman–Crippen LogP) is 3.95. The third-order valence-corrected chi connectivity index (χ3v) is 7.94. The summed E-state index contributed by atoms with van der Waals surface area (Å²) in [4.78, 5) is 11.7. The van der Waals surface area contributed by atoms with Crippen LogP contribution in [-0.4, -0.2) is 30.2 Å². The molecule has 0 heterocycles. The standard InChI is InChI=1S/C17H26O5Si2/c1-8-10-14-11-12-15(16(13-14)19-3)20-24(7,21-17(18)9-2)22-23(4,5)6/h8-9,11-13H,1-2,10H2,3-7H3. The molecule has 0 aliphatic rings. The number of allylic oxidation sites excluding steroid dienone is 1. The van der Waals surface area contributed by atoms with Crippen molar-refractivity contribution < 1.29 is 22.5 Å². The van der Waals surface area contributed by atoms with Crippen LogP contribution in [0.5, 0.6) is 11.5 Å². The van der Waals surface area contributed by atoms with E-state index >= 15 is 0 Å². The molecule has 0 aliphatic carbocycles. The fraction of sp³-hybridized carbons (Fsp3) is 0.353. The van der Waals surface area contributed by atoms with Crippen LogP contribution in [0.2, 0.25) is 26.2 Å². The molecule has 0 spiro atoms. The summed E-state index contributed by atoms with van der Waals surface area (Å²) in [6, 6.07) is 5.58. The maximum atomic E-state index is 11.7. The Kier molecular flexibility index (Phi) is 7.00. The second kappa shape index (κ2) is 8.32. The van der Waals surface area contributed by atoms with Crippen LogP contribution in [0.3, 0.4) is 0 Å². The molecule has 1 aromatic rings. The minimum Gasteiger partial charge on any atom is -0.493 e. The Bertz CT molecular complexity index is 609. The number of hydrogen-bond acceptors (Lipinski definition) is 5. The number of carbonyl (C=O) groups is 1. The van der Waals surface area contributed by atoms with Crippen LogP contribution in [0.1, 0.15) is 5.56 Å². The first-order valence-corrected chi connectivity index (χ1v) is 13.3. The first-order valence-electron chi connectivity index (χ1n) is 7.65. The monoisotopic (exact) mass is 366 g/mol. The first-order chi connectivity index (χ1) is 11.1. The zero-order valence-electron chi connectivity index (χ0n) is 15.0. The van der Waals surface area contributed by atoms with E-state index in [2.05, 4.69) is 13.2 Å². The van der Waals surface area contributed by atoms with Gasteiger partial charge in [0.2, 0.25) is 0 Å². The number of rotatable bonds is 9. The lowest BCUT2D eigenvalue weighted by Crippen LogP contribution is -2.53. The van der Waals surface area contributed by atoms with Crippen molar-refractivity contribution in [3.63, 3.8) is 0 Å². The van der Waals surface area contributed by atoms with E-state index in [1.54, 1.807) is 19.7 Å². The molecule has 1 aromatic carbocycles. The van der Waals surface area contributed by atoms with Crippen LogP contribution in [-0.2, 0) is 19.8 Å². The molecule has 1 unspecified atom stereocenters. The Hall–Kier alpha value is -1.84. The molecule has 0 radical (unpaired) electrons. The SMILES string of the molecule is C=CCc1ccc(O[Si](C)(OC(=O)C=C)O[Si](C)(C)C)c(OC)c1. The molecular weight excluding hydrogens is 340 g/mol. The summed E-state index contributed by atoms with van der Waals surface area (Å²) in [7, 11) is -3.70. The Morgan fingerprint density at radius 2 is 1.83 bits per heavy atom. The molecule has 0 saturated carbocycles. The van der Waals surface area contributed by atoms with E-state index in [-0.39, 0.29) is 0 Å². The Morgan fingerprint density at radius 3 is 2.33 bits per heavy atom. The van der Waals surface area contributed by atoms with E-state index < -0.39 is 23.1 Å². The first kappa shape index (κ1) is 20.2. The van der Waals surface area contributed by atoms with Crippen molar-refractivity contribution in [3.8, 4) is 11.5 Å². The second-order valence-electron chi connectivity index (χ2n) is 6.28. The van der Waals surface area contributed by atoms with Crippen molar-refractivity contribution in [2.75, 3.05) is 7.11 Å². The fourth-order valence-corrected chi connectivity index (χ4v) is 7.97. The molecule has 7 heteroatoms. The lowest BCUT2D eigenvalue weighted by atomic mass is 10.1. The fourth-order valence-electron chi connectivity index (χ4n) is 2.13. The Labute approximate surface area is 146 Å². The summed E-state index contributed by atoms with van der Waals surface area (Å²) >= 11 is 0. The lowest BCUT2D eigenvalue weighted by Gasteiger charge is -2.32. The number of ether oxygens (including phenoxy) is 1. The van der Waals surface area contributed by atoms with E-state index in [0.29, 0.717) is 11.5 Å². The van der Waals surface area contributed by atoms with Crippen molar-refractivity contribution in [3.05, 3.63) is 49.1 Å².